The molecular weight excluding hydrogens is 450 g/mol. The number of amides is 2. The van der Waals surface area contributed by atoms with Gasteiger partial charge in [0.15, 0.2) is 5.65 Å². The molecule has 0 aromatic carbocycles. The van der Waals surface area contributed by atoms with Crippen molar-refractivity contribution in [3.05, 3.63) is 76.5 Å². The fourth-order valence-corrected chi connectivity index (χ4v) is 4.38. The van der Waals surface area contributed by atoms with E-state index in [1.165, 1.54) is 11.3 Å². The molecule has 0 unspecified atom stereocenters. The van der Waals surface area contributed by atoms with Crippen molar-refractivity contribution in [3.8, 4) is 11.3 Å². The number of likely N-dealkylation sites (N-methyl/N-ethyl adjacent to an activating group) is 1. The van der Waals surface area contributed by atoms with E-state index in [2.05, 4.69) is 10.3 Å². The van der Waals surface area contributed by atoms with E-state index in [-0.39, 0.29) is 24.5 Å². The molecule has 0 saturated heterocycles. The molecule has 1 atom stereocenters. The Morgan fingerprint density at radius 3 is 2.71 bits per heavy atom. The number of hydrogen-bond acceptors (Lipinski definition) is 6. The number of aliphatic hydroxyl groups is 1. The van der Waals surface area contributed by atoms with Gasteiger partial charge in [0.1, 0.15) is 11.4 Å². The van der Waals surface area contributed by atoms with Crippen LogP contribution in [0.2, 0.25) is 0 Å². The van der Waals surface area contributed by atoms with Crippen molar-refractivity contribution in [1.82, 2.24) is 24.6 Å². The molecule has 0 saturated carbocycles. The number of carbonyl (C=O) groups excluding carboxylic acids is 2. The number of aliphatic hydroxyl groups excluding tert-OH is 1. The number of nitrogens with one attached hydrogen (secondary N) is 1. The highest BCUT2D eigenvalue weighted by Gasteiger charge is 2.26. The fraction of sp³-hybridized carbons (Fsp3) is 0.280. The predicted octanol–water partition coefficient (Wildman–Crippen LogP) is 3.27. The van der Waals surface area contributed by atoms with E-state index in [1.54, 1.807) is 47.1 Å². The Labute approximate surface area is 201 Å². The minimum atomic E-state index is -0.363. The van der Waals surface area contributed by atoms with Crippen LogP contribution in [0, 0.1) is 0 Å². The van der Waals surface area contributed by atoms with Gasteiger partial charge in [-0.3, -0.25) is 19.0 Å². The maximum Gasteiger partial charge on any atom is 0.270 e. The van der Waals surface area contributed by atoms with Crippen LogP contribution in [-0.4, -0.2) is 62.4 Å². The summed E-state index contributed by atoms with van der Waals surface area (Å²) in [5, 5.41) is 16.3. The number of aromatic nitrogens is 3. The second kappa shape index (κ2) is 10.6. The molecule has 4 heterocycles. The first kappa shape index (κ1) is 23.6. The van der Waals surface area contributed by atoms with Gasteiger partial charge in [0.05, 0.1) is 18.2 Å². The fourth-order valence-electron chi connectivity index (χ4n) is 3.74. The predicted molar refractivity (Wildman–Crippen MR) is 132 cm³/mol. The van der Waals surface area contributed by atoms with Gasteiger partial charge in [-0.05, 0) is 54.1 Å². The van der Waals surface area contributed by atoms with Crippen LogP contribution in [0.25, 0.3) is 16.9 Å². The first-order chi connectivity index (χ1) is 16.5. The zero-order valence-electron chi connectivity index (χ0n) is 19.1. The zero-order chi connectivity index (χ0) is 24.1. The van der Waals surface area contributed by atoms with E-state index in [4.69, 9.17) is 4.98 Å². The smallest absolute Gasteiger partial charge is 0.270 e. The number of thiophene rings is 1. The molecule has 2 N–H and O–H groups in total. The topological polar surface area (TPSA) is 99.8 Å². The Bertz CT molecular complexity index is 1270. The third-order valence-electron chi connectivity index (χ3n) is 5.77. The summed E-state index contributed by atoms with van der Waals surface area (Å²) >= 11 is 1.51. The molecule has 34 heavy (non-hydrogen) atoms. The first-order valence-corrected chi connectivity index (χ1v) is 12.1. The van der Waals surface area contributed by atoms with E-state index in [0.717, 1.165) is 11.1 Å². The largest absolute Gasteiger partial charge is 0.394 e. The molecule has 0 aliphatic rings. The van der Waals surface area contributed by atoms with Crippen LogP contribution in [0.5, 0.6) is 0 Å². The monoisotopic (exact) mass is 477 g/mol. The van der Waals surface area contributed by atoms with Gasteiger partial charge in [-0.25, -0.2) is 4.98 Å². The number of hydrogen-bond donors (Lipinski definition) is 2. The summed E-state index contributed by atoms with van der Waals surface area (Å²) in [7, 11) is 1.76. The highest BCUT2D eigenvalue weighted by Crippen LogP contribution is 2.28. The molecular formula is C25H27N5O3S. The molecule has 0 spiro atoms. The van der Waals surface area contributed by atoms with E-state index in [0.29, 0.717) is 42.0 Å². The highest BCUT2D eigenvalue weighted by molar-refractivity contribution is 7.08. The average molecular weight is 478 g/mol. The molecule has 0 bridgehead atoms. The number of pyridine rings is 2. The summed E-state index contributed by atoms with van der Waals surface area (Å²) in [6.07, 6.45) is 6.51. The Hall–Kier alpha value is -3.56. The molecule has 176 valence electrons. The Morgan fingerprint density at radius 2 is 2.03 bits per heavy atom. The van der Waals surface area contributed by atoms with Gasteiger partial charge in [-0.2, -0.15) is 11.3 Å². The highest BCUT2D eigenvalue weighted by atomic mass is 32.1. The van der Waals surface area contributed by atoms with Gasteiger partial charge in [0, 0.05) is 43.1 Å². The molecule has 0 radical (unpaired) electrons. The average Bonchev–Trinajstić information content (AvgIpc) is 3.53. The minimum absolute atomic E-state index is 0.154. The Balaban J connectivity index is 1.70. The van der Waals surface area contributed by atoms with E-state index in [9.17, 15) is 14.7 Å². The van der Waals surface area contributed by atoms with Crippen molar-refractivity contribution >= 4 is 28.8 Å². The van der Waals surface area contributed by atoms with Gasteiger partial charge >= 0.3 is 0 Å². The normalized spacial score (nSPS) is 12.0. The minimum Gasteiger partial charge on any atom is -0.394 e. The van der Waals surface area contributed by atoms with Gasteiger partial charge in [-0.1, -0.05) is 6.92 Å². The Morgan fingerprint density at radius 1 is 1.24 bits per heavy atom. The van der Waals surface area contributed by atoms with Crippen molar-refractivity contribution in [3.63, 3.8) is 0 Å². The Kier molecular flexibility index (Phi) is 7.34. The van der Waals surface area contributed by atoms with Gasteiger partial charge in [0.2, 0.25) is 0 Å². The van der Waals surface area contributed by atoms with E-state index < -0.39 is 0 Å². The van der Waals surface area contributed by atoms with Crippen molar-refractivity contribution < 1.29 is 14.7 Å². The summed E-state index contributed by atoms with van der Waals surface area (Å²) in [5.41, 5.74) is 3.60. The van der Waals surface area contributed by atoms with Crippen LogP contribution in [-0.2, 0) is 6.42 Å². The van der Waals surface area contributed by atoms with Crippen LogP contribution in [0.4, 0.5) is 0 Å². The van der Waals surface area contributed by atoms with Crippen molar-refractivity contribution in [1.29, 1.82) is 0 Å². The van der Waals surface area contributed by atoms with Crippen molar-refractivity contribution in [2.24, 2.45) is 0 Å². The van der Waals surface area contributed by atoms with Crippen LogP contribution in [0.3, 0.4) is 0 Å². The summed E-state index contributed by atoms with van der Waals surface area (Å²) < 4.78 is 1.66. The van der Waals surface area contributed by atoms with Gasteiger partial charge < -0.3 is 15.3 Å². The second-order valence-electron chi connectivity index (χ2n) is 8.03. The molecule has 8 nitrogen and oxygen atoms in total. The van der Waals surface area contributed by atoms with Crippen LogP contribution in [0.15, 0.2) is 59.7 Å². The zero-order valence-corrected chi connectivity index (χ0v) is 20.0. The van der Waals surface area contributed by atoms with Gasteiger partial charge in [-0.15, -0.1) is 0 Å². The molecule has 0 fully saturated rings. The van der Waals surface area contributed by atoms with Crippen LogP contribution >= 0.6 is 11.3 Å². The lowest BCUT2D eigenvalue weighted by atomic mass is 10.1. The van der Waals surface area contributed by atoms with Crippen LogP contribution in [0.1, 0.15) is 39.8 Å². The lowest BCUT2D eigenvalue weighted by Crippen LogP contribution is -2.37. The number of rotatable bonds is 9. The van der Waals surface area contributed by atoms with E-state index >= 15 is 0 Å². The SMILES string of the molecule is CC[C@H](CO)NC(=O)c1c(-c2ccsc2)nc2c(C(=O)N(C)CCc3ccncc3)cccn12. The quantitative estimate of drug-likeness (QED) is 0.385. The van der Waals surface area contributed by atoms with Crippen molar-refractivity contribution in [2.75, 3.05) is 20.2 Å². The molecule has 4 aromatic heterocycles. The maximum absolute atomic E-state index is 13.4. The lowest BCUT2D eigenvalue weighted by Gasteiger charge is -2.18. The summed E-state index contributed by atoms with van der Waals surface area (Å²) in [5.74, 6) is -0.513. The lowest BCUT2D eigenvalue weighted by molar-refractivity contribution is 0.0797. The van der Waals surface area contributed by atoms with E-state index in [1.807, 2.05) is 35.9 Å². The summed E-state index contributed by atoms with van der Waals surface area (Å²) in [6.45, 7) is 2.27. The molecule has 4 rings (SSSR count). The number of carbonyl (C=O) groups is 2. The molecule has 0 aliphatic heterocycles. The number of imidazole rings is 1. The van der Waals surface area contributed by atoms with Crippen LogP contribution < -0.4 is 5.32 Å². The number of nitrogens with zero attached hydrogens (tertiary/aromatic N) is 4. The van der Waals surface area contributed by atoms with Crippen molar-refractivity contribution in [2.45, 2.75) is 25.8 Å². The van der Waals surface area contributed by atoms with Gasteiger partial charge in [0.25, 0.3) is 11.8 Å². The maximum atomic E-state index is 13.4. The molecule has 2 amide bonds. The molecule has 4 aromatic rings. The third-order valence-corrected chi connectivity index (χ3v) is 6.45. The third kappa shape index (κ3) is 4.85. The number of fused-ring (bicyclic) bond motifs is 1. The molecule has 9 heteroatoms. The summed E-state index contributed by atoms with van der Waals surface area (Å²) in [4.78, 5) is 37.0. The summed E-state index contributed by atoms with van der Waals surface area (Å²) in [6, 6.07) is 8.88. The first-order valence-electron chi connectivity index (χ1n) is 11.1. The standard InChI is InChI=1S/C25H27N5O3S/c1-3-19(15-31)27-24(32)22-21(18-9-14-34-16-18)28-23-20(5-4-12-30(22)23)25(33)29(2)13-8-17-6-10-26-11-7-17/h4-7,9-12,14,16,19,31H,3,8,13,15H2,1-2H3,(H,27,32)/t19-/m1/s1. The molecule has 0 aliphatic carbocycles. The second-order valence-corrected chi connectivity index (χ2v) is 8.81.